The van der Waals surface area contributed by atoms with E-state index in [0.29, 0.717) is 6.61 Å². The highest BCUT2D eigenvalue weighted by atomic mass is 16.6. The van der Waals surface area contributed by atoms with Gasteiger partial charge >= 0.3 is 0 Å². The van der Waals surface area contributed by atoms with Crippen LogP contribution in [0, 0.1) is 0 Å². The predicted octanol–water partition coefficient (Wildman–Crippen LogP) is 3.15. The fourth-order valence-corrected chi connectivity index (χ4v) is 1.69. The van der Waals surface area contributed by atoms with Crippen molar-refractivity contribution >= 4 is 0 Å². The summed E-state index contributed by atoms with van der Waals surface area (Å²) in [6.07, 6.45) is 10.4. The van der Waals surface area contributed by atoms with E-state index in [9.17, 15) is 0 Å². The Bertz CT molecular complexity index is 105. The second-order valence-electron chi connectivity index (χ2n) is 4.42. The Kier molecular flexibility index (Phi) is 15.8. The maximum Gasteiger partial charge on any atom is 0.0701 e. The molecular formula is C14H30O3. The van der Waals surface area contributed by atoms with Crippen LogP contribution in [-0.2, 0) is 9.47 Å². The van der Waals surface area contributed by atoms with E-state index in [1.54, 1.807) is 0 Å². The van der Waals surface area contributed by atoms with E-state index in [4.69, 9.17) is 14.6 Å². The maximum absolute atomic E-state index is 8.51. The predicted molar refractivity (Wildman–Crippen MR) is 71.3 cm³/mol. The van der Waals surface area contributed by atoms with Gasteiger partial charge in [0.15, 0.2) is 0 Å². The van der Waals surface area contributed by atoms with Gasteiger partial charge in [0.1, 0.15) is 0 Å². The Morgan fingerprint density at radius 3 is 1.47 bits per heavy atom. The molecule has 1 heterocycles. The van der Waals surface area contributed by atoms with Crippen LogP contribution in [0.1, 0.15) is 58.3 Å². The Morgan fingerprint density at radius 2 is 1.12 bits per heavy atom. The van der Waals surface area contributed by atoms with Crippen LogP contribution in [0.4, 0.5) is 0 Å². The van der Waals surface area contributed by atoms with Crippen molar-refractivity contribution in [1.29, 1.82) is 0 Å². The summed E-state index contributed by atoms with van der Waals surface area (Å²) in [5, 5.41) is 8.51. The van der Waals surface area contributed by atoms with Crippen molar-refractivity contribution in [2.45, 2.75) is 58.3 Å². The van der Waals surface area contributed by atoms with Crippen LogP contribution in [0.2, 0.25) is 0 Å². The molecule has 0 bridgehead atoms. The number of hydrogen-bond donors (Lipinski definition) is 1. The van der Waals surface area contributed by atoms with Crippen LogP contribution in [-0.4, -0.2) is 38.1 Å². The summed E-state index contributed by atoms with van der Waals surface area (Å²) in [6, 6.07) is 0. The lowest BCUT2D eigenvalue weighted by Crippen LogP contribution is -2.16. The first kappa shape index (κ1) is 16.9. The van der Waals surface area contributed by atoms with Crippen LogP contribution in [0.5, 0.6) is 0 Å². The second kappa shape index (κ2) is 15.9. The highest BCUT2D eigenvalue weighted by Crippen LogP contribution is 2.07. The van der Waals surface area contributed by atoms with Gasteiger partial charge in [-0.15, -0.1) is 0 Å². The Hall–Kier alpha value is -0.120. The zero-order valence-electron chi connectivity index (χ0n) is 11.5. The van der Waals surface area contributed by atoms with E-state index in [-0.39, 0.29) is 0 Å². The number of hydrogen-bond acceptors (Lipinski definition) is 3. The van der Waals surface area contributed by atoms with Crippen molar-refractivity contribution < 1.29 is 14.6 Å². The molecule has 1 saturated heterocycles. The van der Waals surface area contributed by atoms with E-state index < -0.39 is 0 Å². The summed E-state index contributed by atoms with van der Waals surface area (Å²) in [6.45, 7) is 5.72. The molecule has 0 radical (unpaired) electrons. The van der Waals surface area contributed by atoms with Crippen molar-refractivity contribution in [1.82, 2.24) is 0 Å². The molecule has 0 aliphatic carbocycles. The topological polar surface area (TPSA) is 38.7 Å². The molecule has 17 heavy (non-hydrogen) atoms. The van der Waals surface area contributed by atoms with Gasteiger partial charge in [-0.3, -0.25) is 0 Å². The first-order valence-corrected chi connectivity index (χ1v) is 7.18. The second-order valence-corrected chi connectivity index (χ2v) is 4.42. The molecule has 3 heteroatoms. The minimum atomic E-state index is 0.370. The SMILES string of the molecule is C1COCCO1.CCCCCCCCCCO. The molecule has 3 nitrogen and oxygen atoms in total. The summed E-state index contributed by atoms with van der Waals surface area (Å²) in [5.41, 5.74) is 0. The number of rotatable bonds is 8. The van der Waals surface area contributed by atoms with Gasteiger partial charge in [-0.2, -0.15) is 0 Å². The average molecular weight is 246 g/mol. The van der Waals surface area contributed by atoms with Crippen molar-refractivity contribution in [2.75, 3.05) is 33.0 Å². The third kappa shape index (κ3) is 15.9. The molecule has 1 N–H and O–H groups in total. The van der Waals surface area contributed by atoms with Crippen LogP contribution >= 0.6 is 0 Å². The van der Waals surface area contributed by atoms with Crippen LogP contribution in [0.25, 0.3) is 0 Å². The zero-order valence-corrected chi connectivity index (χ0v) is 11.5. The lowest BCUT2D eigenvalue weighted by molar-refractivity contribution is -0.0334. The molecule has 1 aliphatic rings. The average Bonchev–Trinajstić information content (AvgIpc) is 2.41. The lowest BCUT2D eigenvalue weighted by Gasteiger charge is -2.09. The molecule has 0 aromatic heterocycles. The van der Waals surface area contributed by atoms with Gasteiger partial charge in [-0.25, -0.2) is 0 Å². The van der Waals surface area contributed by atoms with Crippen LogP contribution < -0.4 is 0 Å². The molecule has 1 fully saturated rings. The first-order valence-electron chi connectivity index (χ1n) is 7.18. The minimum absolute atomic E-state index is 0.370. The van der Waals surface area contributed by atoms with Gasteiger partial charge in [0.05, 0.1) is 26.4 Å². The molecule has 1 aliphatic heterocycles. The fourth-order valence-electron chi connectivity index (χ4n) is 1.69. The first-order chi connectivity index (χ1) is 8.41. The third-order valence-electron chi connectivity index (χ3n) is 2.76. The molecule has 0 saturated carbocycles. The molecule has 104 valence electrons. The van der Waals surface area contributed by atoms with Gasteiger partial charge in [-0.1, -0.05) is 51.9 Å². The molecule has 0 aromatic carbocycles. The summed E-state index contributed by atoms with van der Waals surface area (Å²) >= 11 is 0. The standard InChI is InChI=1S/C10H22O.C4H8O2/c1-2-3-4-5-6-7-8-9-10-11;1-2-6-4-3-5-1/h11H,2-10H2,1H3;1-4H2. The Balaban J connectivity index is 0.000000354. The minimum Gasteiger partial charge on any atom is -0.396 e. The summed E-state index contributed by atoms with van der Waals surface area (Å²) in [5.74, 6) is 0. The fraction of sp³-hybridized carbons (Fsp3) is 1.00. The molecule has 0 atom stereocenters. The zero-order chi connectivity index (χ0) is 12.6. The van der Waals surface area contributed by atoms with E-state index in [1.807, 2.05) is 0 Å². The van der Waals surface area contributed by atoms with Crippen LogP contribution in [0.3, 0.4) is 0 Å². The highest BCUT2D eigenvalue weighted by Gasteiger charge is 1.94. The smallest absolute Gasteiger partial charge is 0.0701 e. The van der Waals surface area contributed by atoms with Crippen molar-refractivity contribution in [3.05, 3.63) is 0 Å². The quantitative estimate of drug-likeness (QED) is 0.669. The Morgan fingerprint density at radius 1 is 0.706 bits per heavy atom. The van der Waals surface area contributed by atoms with E-state index in [0.717, 1.165) is 32.8 Å². The number of aliphatic hydroxyl groups is 1. The third-order valence-corrected chi connectivity index (χ3v) is 2.76. The van der Waals surface area contributed by atoms with Gasteiger partial charge in [0.25, 0.3) is 0 Å². The number of aliphatic hydroxyl groups excluding tert-OH is 1. The number of ether oxygens (including phenoxy) is 2. The number of unbranched alkanes of at least 4 members (excludes halogenated alkanes) is 7. The van der Waals surface area contributed by atoms with Gasteiger partial charge in [-0.05, 0) is 6.42 Å². The molecule has 0 unspecified atom stereocenters. The van der Waals surface area contributed by atoms with E-state index in [1.165, 1.54) is 44.9 Å². The van der Waals surface area contributed by atoms with E-state index >= 15 is 0 Å². The molecule has 0 spiro atoms. The maximum atomic E-state index is 8.51. The van der Waals surface area contributed by atoms with Gasteiger partial charge in [0.2, 0.25) is 0 Å². The van der Waals surface area contributed by atoms with Gasteiger partial charge < -0.3 is 14.6 Å². The summed E-state index contributed by atoms with van der Waals surface area (Å²) in [4.78, 5) is 0. The van der Waals surface area contributed by atoms with Crippen molar-refractivity contribution in [3.8, 4) is 0 Å². The summed E-state index contributed by atoms with van der Waals surface area (Å²) in [7, 11) is 0. The monoisotopic (exact) mass is 246 g/mol. The molecule has 0 aromatic rings. The van der Waals surface area contributed by atoms with Crippen molar-refractivity contribution in [2.24, 2.45) is 0 Å². The van der Waals surface area contributed by atoms with E-state index in [2.05, 4.69) is 6.92 Å². The largest absolute Gasteiger partial charge is 0.396 e. The molecule has 1 rings (SSSR count). The van der Waals surface area contributed by atoms with Gasteiger partial charge in [0, 0.05) is 6.61 Å². The molecule has 0 amide bonds. The Labute approximate surface area is 107 Å². The van der Waals surface area contributed by atoms with Crippen molar-refractivity contribution in [3.63, 3.8) is 0 Å². The molecular weight excluding hydrogens is 216 g/mol. The highest BCUT2D eigenvalue weighted by molar-refractivity contribution is 4.44. The lowest BCUT2D eigenvalue weighted by atomic mass is 10.1. The summed E-state index contributed by atoms with van der Waals surface area (Å²) < 4.78 is 9.89. The van der Waals surface area contributed by atoms with Crippen LogP contribution in [0.15, 0.2) is 0 Å². The normalized spacial score (nSPS) is 15.2.